The van der Waals surface area contributed by atoms with E-state index in [9.17, 15) is 9.90 Å². The van der Waals surface area contributed by atoms with Crippen LogP contribution in [0.25, 0.3) is 0 Å². The fraction of sp³-hybridized carbons (Fsp3) is 0.611. The van der Waals surface area contributed by atoms with Gasteiger partial charge in [-0.2, -0.15) is 0 Å². The van der Waals surface area contributed by atoms with Crippen molar-refractivity contribution in [2.75, 3.05) is 38.7 Å². The zero-order chi connectivity index (χ0) is 16.9. The van der Waals surface area contributed by atoms with Crippen LogP contribution in [0, 0.1) is 0 Å². The molecule has 1 amide bonds. The molecule has 1 aromatic rings. The molecule has 1 aliphatic heterocycles. The Morgan fingerprint density at radius 2 is 2.00 bits per heavy atom. The number of aliphatic hydroxyl groups excluding tert-OH is 1. The van der Waals surface area contributed by atoms with Gasteiger partial charge in [0.2, 0.25) is 5.91 Å². The quantitative estimate of drug-likeness (QED) is 0.805. The predicted molar refractivity (Wildman–Crippen MR) is 91.7 cm³/mol. The Kier molecular flexibility index (Phi) is 6.16. The average molecular weight is 320 g/mol. The molecule has 2 N–H and O–H groups in total. The molecule has 1 aromatic carbocycles. The average Bonchev–Trinajstić information content (AvgIpc) is 3.05. The van der Waals surface area contributed by atoms with E-state index in [1.54, 1.807) is 0 Å². The van der Waals surface area contributed by atoms with Gasteiger partial charge in [-0.3, -0.25) is 9.69 Å². The molecule has 0 aliphatic carbocycles. The number of nitrogens with one attached hydrogen (secondary N) is 1. The Bertz CT molecular complexity index is 517. The van der Waals surface area contributed by atoms with Gasteiger partial charge >= 0.3 is 0 Å². The number of aliphatic hydroxyl groups is 1. The number of ether oxygens (including phenoxy) is 1. The number of hydrogen-bond donors (Lipinski definition) is 2. The molecular formula is C18H28N2O3. The van der Waals surface area contributed by atoms with Crippen molar-refractivity contribution in [2.45, 2.75) is 38.6 Å². The third kappa shape index (κ3) is 3.91. The van der Waals surface area contributed by atoms with Crippen LogP contribution < -0.4 is 5.32 Å². The summed E-state index contributed by atoms with van der Waals surface area (Å²) in [5, 5.41) is 12.8. The monoisotopic (exact) mass is 320 g/mol. The molecule has 0 spiro atoms. The van der Waals surface area contributed by atoms with Gasteiger partial charge < -0.3 is 15.2 Å². The Labute approximate surface area is 138 Å². The van der Waals surface area contributed by atoms with Gasteiger partial charge in [-0.05, 0) is 37.4 Å². The van der Waals surface area contributed by atoms with Gasteiger partial charge in [-0.15, -0.1) is 0 Å². The van der Waals surface area contributed by atoms with Crippen LogP contribution in [0.15, 0.2) is 18.2 Å². The number of nitrogens with zero attached hydrogens (tertiary/aromatic N) is 1. The number of para-hydroxylation sites is 1. The van der Waals surface area contributed by atoms with E-state index >= 15 is 0 Å². The van der Waals surface area contributed by atoms with Gasteiger partial charge in [0.05, 0.1) is 25.3 Å². The van der Waals surface area contributed by atoms with Gasteiger partial charge in [-0.1, -0.05) is 32.0 Å². The highest BCUT2D eigenvalue weighted by Gasteiger charge is 2.39. The summed E-state index contributed by atoms with van der Waals surface area (Å²) < 4.78 is 5.41. The maximum absolute atomic E-state index is 12.5. The lowest BCUT2D eigenvalue weighted by Crippen LogP contribution is -2.52. The smallest absolute Gasteiger partial charge is 0.238 e. The Hall–Kier alpha value is -1.43. The van der Waals surface area contributed by atoms with E-state index in [1.165, 1.54) is 0 Å². The summed E-state index contributed by atoms with van der Waals surface area (Å²) in [7, 11) is 1.87. The van der Waals surface area contributed by atoms with Crippen molar-refractivity contribution >= 4 is 11.6 Å². The first-order valence-electron chi connectivity index (χ1n) is 8.36. The van der Waals surface area contributed by atoms with Crippen LogP contribution >= 0.6 is 0 Å². The molecule has 0 bridgehead atoms. The van der Waals surface area contributed by atoms with Crippen molar-refractivity contribution in [1.82, 2.24) is 4.90 Å². The van der Waals surface area contributed by atoms with Crippen molar-refractivity contribution in [3.63, 3.8) is 0 Å². The van der Waals surface area contributed by atoms with Crippen LogP contribution in [0.4, 0.5) is 5.69 Å². The van der Waals surface area contributed by atoms with E-state index in [2.05, 4.69) is 31.3 Å². The molecular weight excluding hydrogens is 292 g/mol. The summed E-state index contributed by atoms with van der Waals surface area (Å²) in [6.45, 7) is 5.53. The summed E-state index contributed by atoms with van der Waals surface area (Å²) in [4.78, 5) is 14.4. The fourth-order valence-electron chi connectivity index (χ4n) is 3.11. The molecule has 1 unspecified atom stereocenters. The summed E-state index contributed by atoms with van der Waals surface area (Å²) in [5.41, 5.74) is 2.81. The first kappa shape index (κ1) is 17.9. The number of carbonyl (C=O) groups is 1. The summed E-state index contributed by atoms with van der Waals surface area (Å²) in [6, 6.07) is 6.15. The molecule has 1 fully saturated rings. The zero-order valence-electron chi connectivity index (χ0n) is 14.4. The van der Waals surface area contributed by atoms with Crippen LogP contribution in [0.2, 0.25) is 0 Å². The lowest BCUT2D eigenvalue weighted by molar-refractivity contribution is -0.118. The minimum absolute atomic E-state index is 0.00252. The van der Waals surface area contributed by atoms with Gasteiger partial charge in [0.25, 0.3) is 0 Å². The lowest BCUT2D eigenvalue weighted by atomic mass is 9.98. The third-order valence-corrected chi connectivity index (χ3v) is 4.83. The summed E-state index contributed by atoms with van der Waals surface area (Å²) in [5.74, 6) is -0.0529. The number of carbonyl (C=O) groups excluding carboxylic acids is 1. The lowest BCUT2D eigenvalue weighted by Gasteiger charge is -2.35. The van der Waals surface area contributed by atoms with E-state index < -0.39 is 5.54 Å². The number of benzene rings is 1. The minimum atomic E-state index is -0.435. The zero-order valence-corrected chi connectivity index (χ0v) is 14.4. The number of likely N-dealkylation sites (N-methyl/N-ethyl adjacent to an activating group) is 1. The Morgan fingerprint density at radius 1 is 1.35 bits per heavy atom. The van der Waals surface area contributed by atoms with E-state index in [-0.39, 0.29) is 19.1 Å². The van der Waals surface area contributed by atoms with Crippen molar-refractivity contribution in [2.24, 2.45) is 0 Å². The highest BCUT2D eigenvalue weighted by Crippen LogP contribution is 2.25. The van der Waals surface area contributed by atoms with Crippen molar-refractivity contribution in [3.05, 3.63) is 29.3 Å². The van der Waals surface area contributed by atoms with Crippen LogP contribution in [-0.2, 0) is 22.4 Å². The highest BCUT2D eigenvalue weighted by atomic mass is 16.5. The van der Waals surface area contributed by atoms with E-state index in [0.29, 0.717) is 13.2 Å². The van der Waals surface area contributed by atoms with Gasteiger partial charge in [0, 0.05) is 12.3 Å². The Balaban J connectivity index is 2.08. The fourth-order valence-corrected chi connectivity index (χ4v) is 3.11. The van der Waals surface area contributed by atoms with Gasteiger partial charge in [0.1, 0.15) is 0 Å². The number of rotatable bonds is 7. The van der Waals surface area contributed by atoms with Crippen molar-refractivity contribution < 1.29 is 14.6 Å². The minimum Gasteiger partial charge on any atom is -0.394 e. The standard InChI is InChI=1S/C18H28N2O3/c1-4-14-7-6-8-15(5-2)17(14)19-16(22)11-20(3)18(12-21)9-10-23-13-18/h6-8,21H,4-5,9-13H2,1-3H3,(H,19,22). The number of hydrogen-bond acceptors (Lipinski definition) is 4. The normalized spacial score (nSPS) is 20.9. The second-order valence-electron chi connectivity index (χ2n) is 6.25. The van der Waals surface area contributed by atoms with E-state index in [0.717, 1.165) is 36.1 Å². The van der Waals surface area contributed by atoms with Gasteiger partial charge in [-0.25, -0.2) is 0 Å². The Morgan fingerprint density at radius 3 is 2.48 bits per heavy atom. The van der Waals surface area contributed by atoms with E-state index in [4.69, 9.17) is 4.74 Å². The largest absolute Gasteiger partial charge is 0.394 e. The molecule has 1 atom stereocenters. The summed E-state index contributed by atoms with van der Waals surface area (Å²) in [6.07, 6.45) is 2.51. The maximum Gasteiger partial charge on any atom is 0.238 e. The van der Waals surface area contributed by atoms with Crippen molar-refractivity contribution in [3.8, 4) is 0 Å². The molecule has 1 aliphatic rings. The molecule has 0 saturated carbocycles. The molecule has 0 radical (unpaired) electrons. The number of aryl methyl sites for hydroxylation is 2. The number of amides is 1. The topological polar surface area (TPSA) is 61.8 Å². The van der Waals surface area contributed by atoms with E-state index in [1.807, 2.05) is 18.0 Å². The van der Waals surface area contributed by atoms with Crippen LogP contribution in [0.5, 0.6) is 0 Å². The molecule has 2 rings (SSSR count). The van der Waals surface area contributed by atoms with Crippen LogP contribution in [0.3, 0.4) is 0 Å². The first-order chi connectivity index (χ1) is 11.1. The maximum atomic E-state index is 12.5. The highest BCUT2D eigenvalue weighted by molar-refractivity contribution is 5.93. The first-order valence-corrected chi connectivity index (χ1v) is 8.36. The molecule has 1 heterocycles. The molecule has 5 nitrogen and oxygen atoms in total. The molecule has 128 valence electrons. The van der Waals surface area contributed by atoms with Crippen molar-refractivity contribution in [1.29, 1.82) is 0 Å². The SMILES string of the molecule is CCc1cccc(CC)c1NC(=O)CN(C)C1(CO)CCOC1. The molecule has 5 heteroatoms. The molecule has 0 aromatic heterocycles. The third-order valence-electron chi connectivity index (χ3n) is 4.83. The summed E-state index contributed by atoms with van der Waals surface area (Å²) >= 11 is 0. The second-order valence-corrected chi connectivity index (χ2v) is 6.25. The number of anilines is 1. The van der Waals surface area contributed by atoms with Crippen LogP contribution in [-0.4, -0.2) is 54.9 Å². The second kappa shape index (κ2) is 7.90. The predicted octanol–water partition coefficient (Wildman–Crippen LogP) is 1.83. The molecule has 1 saturated heterocycles. The van der Waals surface area contributed by atoms with Gasteiger partial charge in [0.15, 0.2) is 0 Å². The molecule has 23 heavy (non-hydrogen) atoms. The van der Waals surface area contributed by atoms with Crippen LogP contribution in [0.1, 0.15) is 31.4 Å².